The summed E-state index contributed by atoms with van der Waals surface area (Å²) in [4.78, 5) is 11.6. The lowest BCUT2D eigenvalue weighted by Crippen LogP contribution is -2.46. The number of sulfonamides is 1. The minimum absolute atomic E-state index is 0.0402. The molecule has 5 nitrogen and oxygen atoms in total. The summed E-state index contributed by atoms with van der Waals surface area (Å²) < 4.78 is 26.6. The molecule has 0 bridgehead atoms. The smallest absolute Gasteiger partial charge is 0.242 e. The summed E-state index contributed by atoms with van der Waals surface area (Å²) in [7, 11) is -3.92. The number of carbonyl (C=O) groups excluding carboxylic acids is 1. The molecule has 0 saturated carbocycles. The van der Waals surface area contributed by atoms with Crippen molar-refractivity contribution < 1.29 is 13.2 Å². The van der Waals surface area contributed by atoms with Gasteiger partial charge in [-0.1, -0.05) is 23.2 Å². The maximum atomic E-state index is 12.2. The molecule has 1 amide bonds. The van der Waals surface area contributed by atoms with Gasteiger partial charge in [0.25, 0.3) is 0 Å². The standard InChI is InChI=1S/C12H16Cl2N2O3S/c1-7(2)15-12(17)8(3)16-20(18,19)11-6-9(13)4-5-10(11)14/h4-8,16H,1-3H3,(H,15,17)/t8-/m0/s1. The van der Waals surface area contributed by atoms with E-state index < -0.39 is 22.0 Å². The first-order valence-electron chi connectivity index (χ1n) is 5.91. The van der Waals surface area contributed by atoms with Crippen LogP contribution in [0.3, 0.4) is 0 Å². The molecule has 0 saturated heterocycles. The molecule has 0 fully saturated rings. The van der Waals surface area contributed by atoms with Crippen molar-refractivity contribution in [3.05, 3.63) is 28.2 Å². The van der Waals surface area contributed by atoms with Crippen LogP contribution in [0.15, 0.2) is 23.1 Å². The Kier molecular flexibility index (Phi) is 5.82. The summed E-state index contributed by atoms with van der Waals surface area (Å²) in [5.41, 5.74) is 0. The van der Waals surface area contributed by atoms with Crippen LogP contribution in [0.5, 0.6) is 0 Å². The average Bonchev–Trinajstić information content (AvgIpc) is 2.30. The number of amides is 1. The van der Waals surface area contributed by atoms with Gasteiger partial charge in [0.05, 0.1) is 11.1 Å². The van der Waals surface area contributed by atoms with Crippen molar-refractivity contribution in [2.45, 2.75) is 37.8 Å². The predicted octanol–water partition coefficient (Wildman–Crippen LogP) is 2.18. The molecule has 0 heterocycles. The van der Waals surface area contributed by atoms with Crippen molar-refractivity contribution in [2.24, 2.45) is 0 Å². The van der Waals surface area contributed by atoms with Gasteiger partial charge < -0.3 is 5.32 Å². The quantitative estimate of drug-likeness (QED) is 0.863. The highest BCUT2D eigenvalue weighted by atomic mass is 35.5. The fourth-order valence-electron chi connectivity index (χ4n) is 1.44. The Morgan fingerprint density at radius 1 is 1.20 bits per heavy atom. The lowest BCUT2D eigenvalue weighted by Gasteiger charge is -2.16. The lowest BCUT2D eigenvalue weighted by molar-refractivity contribution is -0.122. The van der Waals surface area contributed by atoms with Gasteiger partial charge in [-0.2, -0.15) is 4.72 Å². The average molecular weight is 339 g/mol. The molecular weight excluding hydrogens is 323 g/mol. The molecule has 1 aromatic carbocycles. The zero-order valence-electron chi connectivity index (χ0n) is 11.3. The summed E-state index contributed by atoms with van der Waals surface area (Å²) in [6.45, 7) is 5.02. The van der Waals surface area contributed by atoms with Crippen molar-refractivity contribution in [2.75, 3.05) is 0 Å². The SMILES string of the molecule is CC(C)NC(=O)[C@H](C)NS(=O)(=O)c1cc(Cl)ccc1Cl. The summed E-state index contributed by atoms with van der Waals surface area (Å²) in [5.74, 6) is -0.415. The van der Waals surface area contributed by atoms with Crippen LogP contribution in [0.25, 0.3) is 0 Å². The largest absolute Gasteiger partial charge is 0.353 e. The molecule has 0 aliphatic carbocycles. The Balaban J connectivity index is 2.95. The molecule has 0 aliphatic heterocycles. The Bertz CT molecular complexity index is 603. The predicted molar refractivity (Wildman–Crippen MR) is 79.5 cm³/mol. The minimum Gasteiger partial charge on any atom is -0.353 e. The number of halogens is 2. The van der Waals surface area contributed by atoms with Gasteiger partial charge >= 0.3 is 0 Å². The zero-order chi connectivity index (χ0) is 15.5. The number of rotatable bonds is 5. The third-order valence-corrected chi connectivity index (χ3v) is 4.60. The number of nitrogens with one attached hydrogen (secondary N) is 2. The van der Waals surface area contributed by atoms with Gasteiger partial charge in [-0.25, -0.2) is 8.42 Å². The van der Waals surface area contributed by atoms with E-state index in [2.05, 4.69) is 10.0 Å². The highest BCUT2D eigenvalue weighted by Crippen LogP contribution is 2.24. The van der Waals surface area contributed by atoms with E-state index in [1.54, 1.807) is 13.8 Å². The van der Waals surface area contributed by atoms with E-state index in [1.165, 1.54) is 25.1 Å². The third-order valence-electron chi connectivity index (χ3n) is 2.34. The van der Waals surface area contributed by atoms with Crippen LogP contribution >= 0.6 is 23.2 Å². The number of carbonyl (C=O) groups is 1. The van der Waals surface area contributed by atoms with Crippen LogP contribution < -0.4 is 10.0 Å². The van der Waals surface area contributed by atoms with Crippen molar-refractivity contribution in [3.8, 4) is 0 Å². The van der Waals surface area contributed by atoms with Crippen LogP contribution in [0.4, 0.5) is 0 Å². The van der Waals surface area contributed by atoms with Gasteiger partial charge in [0.15, 0.2) is 0 Å². The number of hydrogen-bond donors (Lipinski definition) is 2. The Labute approximate surface area is 128 Å². The maximum absolute atomic E-state index is 12.2. The monoisotopic (exact) mass is 338 g/mol. The lowest BCUT2D eigenvalue weighted by atomic mass is 10.3. The molecule has 1 aromatic rings. The summed E-state index contributed by atoms with van der Waals surface area (Å²) in [6, 6.07) is 3.11. The second kappa shape index (κ2) is 6.76. The highest BCUT2D eigenvalue weighted by molar-refractivity contribution is 7.89. The van der Waals surface area contributed by atoms with Gasteiger partial charge in [0, 0.05) is 11.1 Å². The van der Waals surface area contributed by atoms with Gasteiger partial charge in [-0.05, 0) is 39.0 Å². The van der Waals surface area contributed by atoms with E-state index in [9.17, 15) is 13.2 Å². The molecule has 1 rings (SSSR count). The summed E-state index contributed by atoms with van der Waals surface area (Å²) >= 11 is 11.6. The first-order chi connectivity index (χ1) is 9.13. The zero-order valence-corrected chi connectivity index (χ0v) is 13.6. The first-order valence-corrected chi connectivity index (χ1v) is 8.15. The van der Waals surface area contributed by atoms with Crippen molar-refractivity contribution >= 4 is 39.1 Å². The van der Waals surface area contributed by atoms with E-state index in [1.807, 2.05) is 0 Å². The molecule has 0 unspecified atom stereocenters. The summed E-state index contributed by atoms with van der Waals surface area (Å²) in [6.07, 6.45) is 0. The molecule has 0 radical (unpaired) electrons. The Hall–Kier alpha value is -0.820. The first kappa shape index (κ1) is 17.2. The van der Waals surface area contributed by atoms with E-state index in [0.29, 0.717) is 0 Å². The van der Waals surface area contributed by atoms with E-state index in [4.69, 9.17) is 23.2 Å². The van der Waals surface area contributed by atoms with Crippen molar-refractivity contribution in [1.82, 2.24) is 10.0 Å². The number of hydrogen-bond acceptors (Lipinski definition) is 3. The van der Waals surface area contributed by atoms with Crippen molar-refractivity contribution in [1.29, 1.82) is 0 Å². The Morgan fingerprint density at radius 2 is 1.80 bits per heavy atom. The van der Waals surface area contributed by atoms with Gasteiger partial charge in [-0.3, -0.25) is 4.79 Å². The van der Waals surface area contributed by atoms with Gasteiger partial charge in [0.1, 0.15) is 4.90 Å². The van der Waals surface area contributed by atoms with Crippen LogP contribution in [0.2, 0.25) is 10.0 Å². The maximum Gasteiger partial charge on any atom is 0.242 e. The molecule has 1 atom stereocenters. The Morgan fingerprint density at radius 3 is 2.35 bits per heavy atom. The fraction of sp³-hybridized carbons (Fsp3) is 0.417. The highest BCUT2D eigenvalue weighted by Gasteiger charge is 2.24. The molecule has 112 valence electrons. The summed E-state index contributed by atoms with van der Waals surface area (Å²) in [5, 5.41) is 2.90. The fourth-order valence-corrected chi connectivity index (χ4v) is 3.41. The molecular formula is C12H16Cl2N2O3S. The molecule has 8 heteroatoms. The molecule has 0 spiro atoms. The molecule has 0 aliphatic rings. The molecule has 2 N–H and O–H groups in total. The van der Waals surface area contributed by atoms with Crippen LogP contribution in [0.1, 0.15) is 20.8 Å². The van der Waals surface area contributed by atoms with Crippen LogP contribution in [-0.4, -0.2) is 26.4 Å². The topological polar surface area (TPSA) is 75.3 Å². The van der Waals surface area contributed by atoms with Gasteiger partial charge in [-0.15, -0.1) is 0 Å². The van der Waals surface area contributed by atoms with Crippen LogP contribution in [-0.2, 0) is 14.8 Å². The van der Waals surface area contributed by atoms with E-state index >= 15 is 0 Å². The van der Waals surface area contributed by atoms with Crippen molar-refractivity contribution in [3.63, 3.8) is 0 Å². The van der Waals surface area contributed by atoms with E-state index in [-0.39, 0.29) is 21.0 Å². The third kappa shape index (κ3) is 4.63. The number of benzene rings is 1. The van der Waals surface area contributed by atoms with Gasteiger partial charge in [0.2, 0.25) is 15.9 Å². The normalized spacial score (nSPS) is 13.3. The van der Waals surface area contributed by atoms with Crippen LogP contribution in [0, 0.1) is 0 Å². The molecule has 20 heavy (non-hydrogen) atoms. The second-order valence-electron chi connectivity index (χ2n) is 4.58. The molecule has 0 aromatic heterocycles. The minimum atomic E-state index is -3.92. The van der Waals surface area contributed by atoms with E-state index in [0.717, 1.165) is 0 Å². The second-order valence-corrected chi connectivity index (χ2v) is 7.11.